The molecule has 2 aliphatic rings. The summed E-state index contributed by atoms with van der Waals surface area (Å²) in [6.07, 6.45) is -0.0811. The van der Waals surface area contributed by atoms with E-state index in [0.29, 0.717) is 6.61 Å². The summed E-state index contributed by atoms with van der Waals surface area (Å²) in [4.78, 5) is 4.33. The third-order valence-electron chi connectivity index (χ3n) is 2.51. The summed E-state index contributed by atoms with van der Waals surface area (Å²) in [5.41, 5.74) is 0. The maximum absolute atomic E-state index is 5.80. The molecule has 0 amide bonds. The molecule has 86 valence electrons. The van der Waals surface area contributed by atoms with Crippen LogP contribution in [0.2, 0.25) is 0 Å². The molecule has 0 radical (unpaired) electrons. The molecule has 16 heavy (non-hydrogen) atoms. The molecule has 5 heteroatoms. The van der Waals surface area contributed by atoms with Gasteiger partial charge in [0.1, 0.15) is 12.4 Å². The molecule has 0 bridgehead atoms. The third kappa shape index (κ3) is 1.93. The lowest BCUT2D eigenvalue weighted by Gasteiger charge is -2.26. The van der Waals surface area contributed by atoms with E-state index in [-0.39, 0.29) is 18.5 Å². The fourth-order valence-electron chi connectivity index (χ4n) is 1.79. The molecule has 1 aromatic carbocycles. The molecule has 1 N–H and O–H groups in total. The van der Waals surface area contributed by atoms with Crippen molar-refractivity contribution < 1.29 is 9.47 Å². The summed E-state index contributed by atoms with van der Waals surface area (Å²) >= 11 is 0. The van der Waals surface area contributed by atoms with Gasteiger partial charge in [0, 0.05) is 6.54 Å². The number of benzene rings is 1. The van der Waals surface area contributed by atoms with Crippen molar-refractivity contribution in [1.29, 1.82) is 0 Å². The second-order valence-electron chi connectivity index (χ2n) is 3.56. The fraction of sp³-hybridized carbons (Fsp3) is 0.364. The number of amidine groups is 1. The smallest absolute Gasteiger partial charge is 0.189 e. The first kappa shape index (κ1) is 11.1. The summed E-state index contributed by atoms with van der Waals surface area (Å²) in [6.45, 7) is 2.26. The maximum atomic E-state index is 5.80. The molecule has 0 spiro atoms. The van der Waals surface area contributed by atoms with Gasteiger partial charge in [-0.25, -0.2) is 0 Å². The van der Waals surface area contributed by atoms with Gasteiger partial charge in [0.25, 0.3) is 0 Å². The SMILES string of the molecule is Cl.c1ccc2c(c1)OC[C@@H](C1=NCCN1)O2. The second-order valence-corrected chi connectivity index (χ2v) is 3.56. The highest BCUT2D eigenvalue weighted by Crippen LogP contribution is 2.31. The third-order valence-corrected chi connectivity index (χ3v) is 2.51. The van der Waals surface area contributed by atoms with Crippen LogP contribution in [0.1, 0.15) is 0 Å². The van der Waals surface area contributed by atoms with Crippen LogP contribution in [0.3, 0.4) is 0 Å². The largest absolute Gasteiger partial charge is 0.485 e. The number of nitrogens with one attached hydrogen (secondary N) is 1. The normalized spacial score (nSPS) is 21.8. The number of para-hydroxylation sites is 2. The molecule has 0 fully saturated rings. The van der Waals surface area contributed by atoms with E-state index in [1.165, 1.54) is 0 Å². The van der Waals surface area contributed by atoms with Crippen LogP contribution in [-0.4, -0.2) is 31.6 Å². The van der Waals surface area contributed by atoms with Gasteiger partial charge in [0.05, 0.1) is 6.54 Å². The van der Waals surface area contributed by atoms with Crippen LogP contribution in [0, 0.1) is 0 Å². The molecule has 0 saturated heterocycles. The Kier molecular flexibility index (Phi) is 3.19. The molecule has 0 unspecified atom stereocenters. The predicted octanol–water partition coefficient (Wildman–Crippen LogP) is 1.25. The van der Waals surface area contributed by atoms with Crippen molar-refractivity contribution in [3.8, 4) is 11.5 Å². The van der Waals surface area contributed by atoms with Crippen molar-refractivity contribution >= 4 is 18.2 Å². The van der Waals surface area contributed by atoms with Gasteiger partial charge in [0.2, 0.25) is 0 Å². The topological polar surface area (TPSA) is 42.8 Å². The fourth-order valence-corrected chi connectivity index (χ4v) is 1.79. The van der Waals surface area contributed by atoms with E-state index in [1.807, 2.05) is 24.3 Å². The quantitative estimate of drug-likeness (QED) is 0.804. The number of hydrogen-bond acceptors (Lipinski definition) is 4. The highest BCUT2D eigenvalue weighted by Gasteiger charge is 2.26. The minimum absolute atomic E-state index is 0. The first-order valence-electron chi connectivity index (χ1n) is 5.10. The van der Waals surface area contributed by atoms with Gasteiger partial charge in [-0.05, 0) is 12.1 Å². The van der Waals surface area contributed by atoms with E-state index in [1.54, 1.807) is 0 Å². The highest BCUT2D eigenvalue weighted by molar-refractivity contribution is 5.88. The van der Waals surface area contributed by atoms with E-state index in [2.05, 4.69) is 10.3 Å². The van der Waals surface area contributed by atoms with Gasteiger partial charge in [0.15, 0.2) is 17.6 Å². The van der Waals surface area contributed by atoms with Gasteiger partial charge in [-0.1, -0.05) is 12.1 Å². The van der Waals surface area contributed by atoms with E-state index in [4.69, 9.17) is 9.47 Å². The number of halogens is 1. The maximum Gasteiger partial charge on any atom is 0.189 e. The van der Waals surface area contributed by atoms with Crippen molar-refractivity contribution in [1.82, 2.24) is 5.32 Å². The molecule has 4 nitrogen and oxygen atoms in total. The minimum Gasteiger partial charge on any atom is -0.485 e. The van der Waals surface area contributed by atoms with E-state index < -0.39 is 0 Å². The molecule has 2 heterocycles. The van der Waals surface area contributed by atoms with Crippen LogP contribution in [0.15, 0.2) is 29.3 Å². The van der Waals surface area contributed by atoms with Crippen molar-refractivity contribution in [2.45, 2.75) is 6.10 Å². The molecule has 1 atom stereocenters. The Hall–Kier alpha value is -1.42. The first-order valence-corrected chi connectivity index (χ1v) is 5.10. The zero-order chi connectivity index (χ0) is 10.1. The summed E-state index contributed by atoms with van der Waals surface area (Å²) in [5.74, 6) is 2.52. The Bertz CT molecular complexity index is 409. The van der Waals surface area contributed by atoms with Gasteiger partial charge in [-0.2, -0.15) is 0 Å². The lowest BCUT2D eigenvalue weighted by atomic mass is 10.2. The van der Waals surface area contributed by atoms with Crippen LogP contribution in [0.4, 0.5) is 0 Å². The van der Waals surface area contributed by atoms with Crippen molar-refractivity contribution in [2.24, 2.45) is 4.99 Å². The van der Waals surface area contributed by atoms with Crippen LogP contribution >= 0.6 is 12.4 Å². The Morgan fingerprint density at radius 3 is 2.81 bits per heavy atom. The van der Waals surface area contributed by atoms with Crippen molar-refractivity contribution in [2.75, 3.05) is 19.7 Å². The first-order chi connectivity index (χ1) is 7.43. The molecular weight excluding hydrogens is 228 g/mol. The monoisotopic (exact) mass is 240 g/mol. The molecule has 0 aromatic heterocycles. The summed E-state index contributed by atoms with van der Waals surface area (Å²) in [6, 6.07) is 7.70. The number of nitrogens with zero attached hydrogens (tertiary/aromatic N) is 1. The summed E-state index contributed by atoms with van der Waals surface area (Å²) < 4.78 is 11.4. The van der Waals surface area contributed by atoms with Gasteiger partial charge in [-0.15, -0.1) is 12.4 Å². The number of hydrogen-bond donors (Lipinski definition) is 1. The molecule has 3 rings (SSSR count). The number of ether oxygens (including phenoxy) is 2. The molecule has 0 aliphatic carbocycles. The Balaban J connectivity index is 0.000000963. The molecule has 2 aliphatic heterocycles. The lowest BCUT2D eigenvalue weighted by Crippen LogP contribution is -2.42. The van der Waals surface area contributed by atoms with E-state index in [0.717, 1.165) is 30.4 Å². The van der Waals surface area contributed by atoms with Crippen molar-refractivity contribution in [3.63, 3.8) is 0 Å². The van der Waals surface area contributed by atoms with Crippen molar-refractivity contribution in [3.05, 3.63) is 24.3 Å². The van der Waals surface area contributed by atoms with E-state index >= 15 is 0 Å². The second kappa shape index (κ2) is 4.61. The zero-order valence-electron chi connectivity index (χ0n) is 8.68. The van der Waals surface area contributed by atoms with Gasteiger partial charge in [-0.3, -0.25) is 4.99 Å². The number of fused-ring (bicyclic) bond motifs is 1. The Labute approximate surface area is 100 Å². The minimum atomic E-state index is -0.0811. The van der Waals surface area contributed by atoms with Crippen LogP contribution < -0.4 is 14.8 Å². The zero-order valence-corrected chi connectivity index (χ0v) is 9.50. The summed E-state index contributed by atoms with van der Waals surface area (Å²) in [7, 11) is 0. The highest BCUT2D eigenvalue weighted by atomic mass is 35.5. The van der Waals surface area contributed by atoms with Crippen LogP contribution in [-0.2, 0) is 0 Å². The molecular formula is C11H13ClN2O2. The average molecular weight is 241 g/mol. The molecule has 0 saturated carbocycles. The van der Waals surface area contributed by atoms with Crippen LogP contribution in [0.5, 0.6) is 11.5 Å². The predicted molar refractivity (Wildman–Crippen MR) is 63.9 cm³/mol. The standard InChI is InChI=1S/C11H12N2O2.ClH/c1-2-4-9-8(3-1)14-7-10(15-9)11-12-5-6-13-11;/h1-4,10H,5-7H2,(H,12,13);1H/t10-;/m0./s1. The Morgan fingerprint density at radius 1 is 1.25 bits per heavy atom. The lowest BCUT2D eigenvalue weighted by molar-refractivity contribution is 0.133. The number of aliphatic imine (C=N–C) groups is 1. The van der Waals surface area contributed by atoms with Gasteiger partial charge >= 0.3 is 0 Å². The Morgan fingerprint density at radius 2 is 2.06 bits per heavy atom. The average Bonchev–Trinajstić information content (AvgIpc) is 2.82. The van der Waals surface area contributed by atoms with Gasteiger partial charge < -0.3 is 14.8 Å². The van der Waals surface area contributed by atoms with Crippen LogP contribution in [0.25, 0.3) is 0 Å². The van der Waals surface area contributed by atoms with E-state index in [9.17, 15) is 0 Å². The number of rotatable bonds is 1. The molecule has 1 aromatic rings. The summed E-state index contributed by atoms with van der Waals surface area (Å²) in [5, 5.41) is 3.20.